The first-order valence-corrected chi connectivity index (χ1v) is 7.66. The lowest BCUT2D eigenvalue weighted by Crippen LogP contribution is -2.15. The number of rotatable bonds is 7. The minimum Gasteiger partial charge on any atom is -0.481 e. The van der Waals surface area contributed by atoms with Crippen LogP contribution in [-0.2, 0) is 23.1 Å². The van der Waals surface area contributed by atoms with Crippen LogP contribution in [0.1, 0.15) is 12.6 Å². The summed E-state index contributed by atoms with van der Waals surface area (Å²) < 4.78 is 9.01. The number of carbonyl (C=O) groups is 1. The lowest BCUT2D eigenvalue weighted by molar-refractivity contribution is -0.133. The van der Waals surface area contributed by atoms with Crippen molar-refractivity contribution < 1.29 is 14.6 Å². The molecule has 2 heterocycles. The maximum Gasteiger partial charge on any atom is 0.313 e. The van der Waals surface area contributed by atoms with Crippen molar-refractivity contribution in [2.45, 2.75) is 25.5 Å². The number of carboxylic acids is 1. The van der Waals surface area contributed by atoms with Crippen molar-refractivity contribution in [1.29, 1.82) is 0 Å². The quantitative estimate of drug-likeness (QED) is 0.781. The highest BCUT2D eigenvalue weighted by molar-refractivity contribution is 7.99. The average Bonchev–Trinajstić information content (AvgIpc) is 2.87. The van der Waals surface area contributed by atoms with E-state index in [2.05, 4.69) is 17.0 Å². The monoisotopic (exact) mass is 312 g/mol. The molecule has 0 aliphatic heterocycles. The van der Waals surface area contributed by atoms with Gasteiger partial charge in [0.2, 0.25) is 0 Å². The molecule has 0 bridgehead atoms. The maximum atomic E-state index is 10.8. The lowest BCUT2D eigenvalue weighted by atomic mass is 10.2. The Bertz CT molecular complexity index is 649. The fourth-order valence-corrected chi connectivity index (χ4v) is 3.09. The second-order valence-electron chi connectivity index (χ2n) is 5.13. The van der Waals surface area contributed by atoms with Crippen molar-refractivity contribution >= 4 is 28.9 Å². The number of nitrogens with zero attached hydrogens (tertiary/aromatic N) is 4. The predicted molar refractivity (Wildman–Crippen MR) is 80.6 cm³/mol. The molecule has 0 amide bonds. The molecule has 2 aromatic rings. The second-order valence-corrected chi connectivity index (χ2v) is 6.07. The molecule has 8 heteroatoms. The first-order chi connectivity index (χ1) is 9.93. The largest absolute Gasteiger partial charge is 0.481 e. The van der Waals surface area contributed by atoms with Crippen molar-refractivity contribution in [1.82, 2.24) is 19.3 Å². The first-order valence-electron chi connectivity index (χ1n) is 6.67. The number of carboxylic acid groups (broad SMARTS) is 1. The number of hydrogen-bond donors (Lipinski definition) is 1. The normalized spacial score (nSPS) is 13.0. The van der Waals surface area contributed by atoms with Gasteiger partial charge in [0.05, 0.1) is 18.1 Å². The fourth-order valence-electron chi connectivity index (χ4n) is 2.36. The van der Waals surface area contributed by atoms with Gasteiger partial charge >= 0.3 is 5.97 Å². The number of hydrogen-bond acceptors (Lipinski definition) is 5. The Morgan fingerprint density at radius 2 is 2.24 bits per heavy atom. The Kier molecular flexibility index (Phi) is 4.89. The van der Waals surface area contributed by atoms with Crippen molar-refractivity contribution in [3.8, 4) is 0 Å². The fraction of sp³-hybridized carbons (Fsp3) is 0.615. The molecule has 0 saturated heterocycles. The minimum atomic E-state index is -0.849. The van der Waals surface area contributed by atoms with Crippen LogP contribution >= 0.6 is 11.8 Å². The smallest absolute Gasteiger partial charge is 0.313 e. The average molecular weight is 312 g/mol. The van der Waals surface area contributed by atoms with E-state index in [1.165, 1.54) is 11.8 Å². The predicted octanol–water partition coefficient (Wildman–Crippen LogP) is 1.54. The van der Waals surface area contributed by atoms with Gasteiger partial charge in [-0.15, -0.1) is 0 Å². The van der Waals surface area contributed by atoms with E-state index in [1.807, 2.05) is 18.5 Å². The SMILES string of the molecule is COCC(C)Cn1c(SCC(=O)O)nc2c(C)nn(C)c21. The zero-order valence-electron chi connectivity index (χ0n) is 12.7. The summed E-state index contributed by atoms with van der Waals surface area (Å²) in [6, 6.07) is 0. The Morgan fingerprint density at radius 3 is 2.86 bits per heavy atom. The number of ether oxygens (including phenoxy) is 1. The van der Waals surface area contributed by atoms with E-state index in [0.29, 0.717) is 24.2 Å². The molecule has 116 valence electrons. The molecule has 0 saturated carbocycles. The number of aromatic nitrogens is 4. The van der Waals surface area contributed by atoms with Crippen LogP contribution < -0.4 is 0 Å². The van der Waals surface area contributed by atoms with Crippen molar-refractivity contribution in [3.05, 3.63) is 5.69 Å². The van der Waals surface area contributed by atoms with E-state index in [0.717, 1.165) is 16.9 Å². The van der Waals surface area contributed by atoms with Crippen LogP contribution in [0.2, 0.25) is 0 Å². The molecule has 1 N–H and O–H groups in total. The molecule has 7 nitrogen and oxygen atoms in total. The molecule has 0 fully saturated rings. The van der Waals surface area contributed by atoms with Crippen LogP contribution in [0.5, 0.6) is 0 Å². The summed E-state index contributed by atoms with van der Waals surface area (Å²) in [5, 5.41) is 14.0. The highest BCUT2D eigenvalue weighted by Gasteiger charge is 2.19. The van der Waals surface area contributed by atoms with Gasteiger partial charge in [-0.1, -0.05) is 18.7 Å². The van der Waals surface area contributed by atoms with E-state index in [1.54, 1.807) is 11.8 Å². The van der Waals surface area contributed by atoms with Crippen molar-refractivity contribution in [2.75, 3.05) is 19.5 Å². The standard InChI is InChI=1S/C13H20N4O3S/c1-8(6-20-4)5-17-12-11(9(2)15-16(12)3)14-13(17)21-7-10(18)19/h8H,5-7H2,1-4H3,(H,18,19). The zero-order chi connectivity index (χ0) is 15.6. The summed E-state index contributed by atoms with van der Waals surface area (Å²) in [4.78, 5) is 15.4. The third kappa shape index (κ3) is 3.38. The van der Waals surface area contributed by atoms with Gasteiger partial charge in [-0.05, 0) is 12.8 Å². The van der Waals surface area contributed by atoms with E-state index in [-0.39, 0.29) is 5.75 Å². The number of fused-ring (bicyclic) bond motifs is 1. The molecule has 21 heavy (non-hydrogen) atoms. The Morgan fingerprint density at radius 1 is 1.52 bits per heavy atom. The maximum absolute atomic E-state index is 10.8. The summed E-state index contributed by atoms with van der Waals surface area (Å²) in [5.74, 6) is -0.556. The number of thioether (sulfide) groups is 1. The van der Waals surface area contributed by atoms with Gasteiger partial charge in [-0.25, -0.2) is 4.98 Å². The highest BCUT2D eigenvalue weighted by atomic mass is 32.2. The summed E-state index contributed by atoms with van der Waals surface area (Å²) in [6.45, 7) is 5.35. The van der Waals surface area contributed by atoms with Gasteiger partial charge in [-0.2, -0.15) is 5.10 Å². The van der Waals surface area contributed by atoms with Gasteiger partial charge in [0.1, 0.15) is 5.52 Å². The number of aliphatic carboxylic acids is 1. The van der Waals surface area contributed by atoms with Crippen LogP contribution in [0.15, 0.2) is 5.16 Å². The van der Waals surface area contributed by atoms with Crippen LogP contribution in [-0.4, -0.2) is 49.9 Å². The van der Waals surface area contributed by atoms with E-state index >= 15 is 0 Å². The number of imidazole rings is 1. The summed E-state index contributed by atoms with van der Waals surface area (Å²) >= 11 is 1.23. The molecular formula is C13H20N4O3S. The van der Waals surface area contributed by atoms with Crippen molar-refractivity contribution in [2.24, 2.45) is 13.0 Å². The molecule has 1 atom stereocenters. The van der Waals surface area contributed by atoms with Gasteiger partial charge < -0.3 is 14.4 Å². The second kappa shape index (κ2) is 6.48. The Balaban J connectivity index is 2.40. The third-order valence-corrected chi connectivity index (χ3v) is 4.09. The molecule has 0 aliphatic carbocycles. The molecule has 2 aromatic heterocycles. The van der Waals surface area contributed by atoms with Crippen LogP contribution in [0.4, 0.5) is 0 Å². The van der Waals surface area contributed by atoms with Gasteiger partial charge in [0.15, 0.2) is 10.8 Å². The molecule has 1 unspecified atom stereocenters. The molecule has 0 aromatic carbocycles. The first kappa shape index (κ1) is 15.8. The van der Waals surface area contributed by atoms with Gasteiger partial charge in [0.25, 0.3) is 0 Å². The summed E-state index contributed by atoms with van der Waals surface area (Å²) in [6.07, 6.45) is 0. The molecule has 0 radical (unpaired) electrons. The number of aryl methyl sites for hydroxylation is 2. The third-order valence-electron chi connectivity index (χ3n) is 3.13. The highest BCUT2D eigenvalue weighted by Crippen LogP contribution is 2.26. The summed E-state index contributed by atoms with van der Waals surface area (Å²) in [7, 11) is 3.55. The topological polar surface area (TPSA) is 82.2 Å². The molecule has 2 rings (SSSR count). The lowest BCUT2D eigenvalue weighted by Gasteiger charge is -2.14. The number of methoxy groups -OCH3 is 1. The summed E-state index contributed by atoms with van der Waals surface area (Å²) in [5.41, 5.74) is 2.60. The van der Waals surface area contributed by atoms with Crippen LogP contribution in [0.25, 0.3) is 11.2 Å². The minimum absolute atomic E-state index is 0.00550. The van der Waals surface area contributed by atoms with Gasteiger partial charge in [0, 0.05) is 20.7 Å². The zero-order valence-corrected chi connectivity index (χ0v) is 13.5. The Labute approximate surface area is 127 Å². The Hall–Kier alpha value is -1.54. The van der Waals surface area contributed by atoms with E-state index < -0.39 is 5.97 Å². The van der Waals surface area contributed by atoms with Crippen LogP contribution in [0.3, 0.4) is 0 Å². The van der Waals surface area contributed by atoms with Gasteiger partial charge in [-0.3, -0.25) is 9.48 Å². The molecule has 0 aliphatic rings. The van der Waals surface area contributed by atoms with E-state index in [4.69, 9.17) is 9.84 Å². The van der Waals surface area contributed by atoms with Crippen LogP contribution in [0, 0.1) is 12.8 Å². The van der Waals surface area contributed by atoms with E-state index in [9.17, 15) is 4.79 Å². The molecular weight excluding hydrogens is 292 g/mol. The van der Waals surface area contributed by atoms with Crippen molar-refractivity contribution in [3.63, 3.8) is 0 Å². The molecule has 0 spiro atoms.